The van der Waals surface area contributed by atoms with Gasteiger partial charge in [0.25, 0.3) is 0 Å². The molecular formula is C24H52O4Sn. The molecule has 176 valence electrons. The Bertz CT molecular complexity index is 275. The molecule has 2 unspecified atom stereocenters. The first-order chi connectivity index (χ1) is 13.3. The Labute approximate surface area is 199 Å². The fraction of sp³-hybridized carbons (Fsp3) is 0.917. The van der Waals surface area contributed by atoms with Gasteiger partial charge in [0.2, 0.25) is 0 Å². The first kappa shape index (κ1) is 39.2. The van der Waals surface area contributed by atoms with E-state index in [-0.39, 0.29) is 35.7 Å². The van der Waals surface area contributed by atoms with E-state index in [9.17, 15) is 9.59 Å². The number of carboxylic acid groups (broad SMARTS) is 2. The number of hydrogen-bond donors (Lipinski definition) is 2. The molecule has 0 fully saturated rings. The predicted molar refractivity (Wildman–Crippen MR) is 129 cm³/mol. The Morgan fingerprint density at radius 1 is 0.552 bits per heavy atom. The van der Waals surface area contributed by atoms with E-state index in [0.717, 1.165) is 51.4 Å². The van der Waals surface area contributed by atoms with E-state index in [1.54, 1.807) is 0 Å². The summed E-state index contributed by atoms with van der Waals surface area (Å²) in [4.78, 5) is 20.9. The normalized spacial score (nSPS) is 11.0. The van der Waals surface area contributed by atoms with E-state index in [1.807, 2.05) is 13.8 Å². The third kappa shape index (κ3) is 38.9. The van der Waals surface area contributed by atoms with E-state index in [0.29, 0.717) is 0 Å². The SMILES string of the molecule is CCCC.CCCC.CCCCC(CC)C(=O)O.CCCCC(CC)C(=O)O.[Sn]. The van der Waals surface area contributed by atoms with Crippen LogP contribution in [0.15, 0.2) is 0 Å². The summed E-state index contributed by atoms with van der Waals surface area (Å²) < 4.78 is 0. The number of rotatable bonds is 12. The Hall–Kier alpha value is -0.261. The topological polar surface area (TPSA) is 74.6 Å². The average molecular weight is 523 g/mol. The minimum absolute atomic E-state index is 0. The third-order valence-corrected chi connectivity index (χ3v) is 4.50. The van der Waals surface area contributed by atoms with Gasteiger partial charge in [0.05, 0.1) is 11.8 Å². The van der Waals surface area contributed by atoms with Gasteiger partial charge < -0.3 is 10.2 Å². The zero-order valence-corrected chi connectivity index (χ0v) is 23.7. The average Bonchev–Trinajstić information content (AvgIpc) is 2.69. The van der Waals surface area contributed by atoms with Crippen molar-refractivity contribution >= 4 is 35.8 Å². The number of carboxylic acids is 2. The molecule has 0 aromatic rings. The van der Waals surface area contributed by atoms with Gasteiger partial charge in [-0.15, -0.1) is 0 Å². The van der Waals surface area contributed by atoms with E-state index >= 15 is 0 Å². The minimum atomic E-state index is -0.643. The van der Waals surface area contributed by atoms with Gasteiger partial charge in [-0.2, -0.15) is 0 Å². The van der Waals surface area contributed by atoms with Crippen molar-refractivity contribution in [3.63, 3.8) is 0 Å². The van der Waals surface area contributed by atoms with Crippen LogP contribution in [0.25, 0.3) is 0 Å². The Morgan fingerprint density at radius 2 is 0.793 bits per heavy atom. The van der Waals surface area contributed by atoms with Crippen LogP contribution in [0.3, 0.4) is 0 Å². The molecule has 0 aliphatic rings. The number of carbonyl (C=O) groups is 2. The maximum absolute atomic E-state index is 10.4. The maximum Gasteiger partial charge on any atom is 0.306 e. The smallest absolute Gasteiger partial charge is 0.306 e. The van der Waals surface area contributed by atoms with Gasteiger partial charge in [0.1, 0.15) is 0 Å². The zero-order valence-electron chi connectivity index (χ0n) is 20.9. The second-order valence-electron chi connectivity index (χ2n) is 7.17. The van der Waals surface area contributed by atoms with E-state index < -0.39 is 11.9 Å². The fourth-order valence-electron chi connectivity index (χ4n) is 1.91. The quantitative estimate of drug-likeness (QED) is 0.256. The molecule has 0 rings (SSSR count). The third-order valence-electron chi connectivity index (χ3n) is 4.50. The van der Waals surface area contributed by atoms with E-state index in [1.165, 1.54) is 25.7 Å². The molecule has 2 N–H and O–H groups in total. The monoisotopic (exact) mass is 524 g/mol. The van der Waals surface area contributed by atoms with Gasteiger partial charge in [0, 0.05) is 23.9 Å². The molecule has 0 saturated carbocycles. The van der Waals surface area contributed by atoms with Crippen LogP contribution in [0.1, 0.15) is 132 Å². The van der Waals surface area contributed by atoms with E-state index in [4.69, 9.17) is 10.2 Å². The molecule has 0 aliphatic carbocycles. The molecule has 4 radical (unpaired) electrons. The summed E-state index contributed by atoms with van der Waals surface area (Å²) in [6.45, 7) is 16.7. The van der Waals surface area contributed by atoms with Crippen molar-refractivity contribution in [3.05, 3.63) is 0 Å². The van der Waals surface area contributed by atoms with Crippen LogP contribution in [-0.2, 0) is 9.59 Å². The molecule has 0 amide bonds. The Balaban J connectivity index is -0.0000000950. The van der Waals surface area contributed by atoms with Gasteiger partial charge in [-0.25, -0.2) is 0 Å². The van der Waals surface area contributed by atoms with Crippen LogP contribution < -0.4 is 0 Å². The molecule has 0 aromatic carbocycles. The second kappa shape index (κ2) is 35.2. The number of hydrogen-bond acceptors (Lipinski definition) is 2. The zero-order chi connectivity index (χ0) is 22.8. The molecule has 0 bridgehead atoms. The standard InChI is InChI=1S/2C8H16O2.2C4H10.Sn/c2*1-3-5-6-7(4-2)8(9)10;2*1-3-4-2;/h2*7H,3-6H2,1-2H3,(H,9,10);2*3-4H2,1-2H3;. The molecular weight excluding hydrogens is 471 g/mol. The summed E-state index contributed by atoms with van der Waals surface area (Å²) in [7, 11) is 0. The summed E-state index contributed by atoms with van der Waals surface area (Å²) in [5.41, 5.74) is 0. The van der Waals surface area contributed by atoms with Crippen LogP contribution in [-0.4, -0.2) is 46.1 Å². The van der Waals surface area contributed by atoms with Crippen molar-refractivity contribution in [3.8, 4) is 0 Å². The van der Waals surface area contributed by atoms with Gasteiger partial charge in [-0.1, -0.05) is 107 Å². The van der Waals surface area contributed by atoms with Crippen LogP contribution >= 0.6 is 0 Å². The van der Waals surface area contributed by atoms with Crippen LogP contribution in [0.5, 0.6) is 0 Å². The van der Waals surface area contributed by atoms with Crippen molar-refractivity contribution < 1.29 is 19.8 Å². The van der Waals surface area contributed by atoms with Gasteiger partial charge in [0.15, 0.2) is 0 Å². The molecule has 0 saturated heterocycles. The van der Waals surface area contributed by atoms with Crippen molar-refractivity contribution in [2.45, 2.75) is 132 Å². The van der Waals surface area contributed by atoms with Crippen molar-refractivity contribution in [1.82, 2.24) is 0 Å². The van der Waals surface area contributed by atoms with E-state index in [2.05, 4.69) is 41.5 Å². The van der Waals surface area contributed by atoms with Crippen LogP contribution in [0.2, 0.25) is 0 Å². The molecule has 0 aromatic heterocycles. The van der Waals surface area contributed by atoms with Crippen molar-refractivity contribution in [2.75, 3.05) is 0 Å². The maximum atomic E-state index is 10.4. The van der Waals surface area contributed by atoms with Gasteiger partial charge in [-0.3, -0.25) is 9.59 Å². The molecule has 0 spiro atoms. The minimum Gasteiger partial charge on any atom is -0.481 e. The van der Waals surface area contributed by atoms with Crippen LogP contribution in [0.4, 0.5) is 0 Å². The largest absolute Gasteiger partial charge is 0.481 e. The van der Waals surface area contributed by atoms with Crippen LogP contribution in [0, 0.1) is 11.8 Å². The van der Waals surface area contributed by atoms with Gasteiger partial charge in [-0.05, 0) is 25.7 Å². The summed E-state index contributed by atoms with van der Waals surface area (Å²) in [6, 6.07) is 0. The summed E-state index contributed by atoms with van der Waals surface area (Å²) in [5, 5.41) is 17.2. The molecule has 5 heteroatoms. The predicted octanol–water partition coefficient (Wildman–Crippen LogP) is 7.81. The summed E-state index contributed by atoms with van der Waals surface area (Å²) in [5.74, 6) is -1.51. The molecule has 29 heavy (non-hydrogen) atoms. The fourth-order valence-corrected chi connectivity index (χ4v) is 1.91. The number of aliphatic carboxylic acids is 2. The molecule has 2 atom stereocenters. The second-order valence-corrected chi connectivity index (χ2v) is 7.17. The van der Waals surface area contributed by atoms with Crippen molar-refractivity contribution in [1.29, 1.82) is 0 Å². The first-order valence-corrected chi connectivity index (χ1v) is 11.7. The summed E-state index contributed by atoms with van der Waals surface area (Å²) >= 11 is 0. The molecule has 0 heterocycles. The summed E-state index contributed by atoms with van der Waals surface area (Å²) in [6.07, 6.45) is 12.7. The Morgan fingerprint density at radius 3 is 0.897 bits per heavy atom. The van der Waals surface area contributed by atoms with Gasteiger partial charge >= 0.3 is 11.9 Å². The molecule has 0 aliphatic heterocycles. The van der Waals surface area contributed by atoms with Crippen molar-refractivity contribution in [2.24, 2.45) is 11.8 Å². The molecule has 4 nitrogen and oxygen atoms in total. The Kier molecular flexibility index (Phi) is 47.6. The first-order valence-electron chi connectivity index (χ1n) is 11.7. The number of unbranched alkanes of at least 4 members (excludes halogenated alkanes) is 4.